The highest BCUT2D eigenvalue weighted by molar-refractivity contribution is 7.79. The van der Waals surface area contributed by atoms with Gasteiger partial charge in [0.25, 0.3) is 0 Å². The second kappa shape index (κ2) is 5.95. The van der Waals surface area contributed by atoms with Crippen molar-refractivity contribution in [2.45, 2.75) is 55.6 Å². The summed E-state index contributed by atoms with van der Waals surface area (Å²) in [7, 11) is 0. The second-order valence-corrected chi connectivity index (χ2v) is 7.78. The number of hydrogen-bond acceptors (Lipinski definition) is 3. The van der Waals surface area contributed by atoms with Crippen molar-refractivity contribution in [2.75, 3.05) is 11.9 Å². The second-order valence-electron chi connectivity index (χ2n) is 6.81. The Bertz CT molecular complexity index is 585. The Kier molecular flexibility index (Phi) is 3.96. The average Bonchev–Trinajstić information content (AvgIpc) is 3.04. The molecular formula is C17H23NO3S. The van der Waals surface area contributed by atoms with Crippen LogP contribution in [0.1, 0.15) is 50.2 Å². The minimum Gasteiger partial charge on any atom is -0.381 e. The number of nitrogens with one attached hydrogen (secondary N) is 1. The van der Waals surface area contributed by atoms with Gasteiger partial charge in [0, 0.05) is 29.8 Å². The average molecular weight is 321 g/mol. The van der Waals surface area contributed by atoms with Crippen LogP contribution in [0, 0.1) is 11.8 Å². The molecule has 0 bridgehead atoms. The topological polar surface area (TPSA) is 58.6 Å². The first-order valence-electron chi connectivity index (χ1n) is 8.37. The van der Waals surface area contributed by atoms with Gasteiger partial charge in [-0.2, -0.15) is 0 Å². The van der Waals surface area contributed by atoms with E-state index in [9.17, 15) is 8.76 Å². The van der Waals surface area contributed by atoms with Gasteiger partial charge in [0.1, 0.15) is 0 Å². The molecule has 2 fully saturated rings. The molecule has 0 amide bonds. The molecule has 3 aliphatic rings. The normalized spacial score (nSPS) is 32.9. The Morgan fingerprint density at radius 1 is 1.18 bits per heavy atom. The minimum absolute atomic E-state index is 0.0895. The van der Waals surface area contributed by atoms with Crippen LogP contribution in [-0.4, -0.2) is 21.4 Å². The fourth-order valence-electron chi connectivity index (χ4n) is 4.56. The summed E-state index contributed by atoms with van der Waals surface area (Å²) >= 11 is -1.93. The smallest absolute Gasteiger partial charge is 0.186 e. The molecule has 0 radical (unpaired) electrons. The predicted octanol–water partition coefficient (Wildman–Crippen LogP) is 3.72. The van der Waals surface area contributed by atoms with Crippen molar-refractivity contribution in [2.24, 2.45) is 11.8 Å². The first-order chi connectivity index (χ1) is 10.7. The molecule has 22 heavy (non-hydrogen) atoms. The van der Waals surface area contributed by atoms with Gasteiger partial charge in [-0.1, -0.05) is 19.3 Å². The highest BCUT2D eigenvalue weighted by atomic mass is 32.2. The van der Waals surface area contributed by atoms with Crippen LogP contribution in [-0.2, 0) is 15.8 Å². The summed E-state index contributed by atoms with van der Waals surface area (Å²) in [5.41, 5.74) is 2.15. The zero-order valence-electron chi connectivity index (χ0n) is 12.7. The van der Waals surface area contributed by atoms with Crippen LogP contribution in [0.5, 0.6) is 0 Å². The molecule has 2 heterocycles. The molecule has 1 aliphatic carbocycles. The lowest BCUT2D eigenvalue weighted by Crippen LogP contribution is -2.42. The van der Waals surface area contributed by atoms with Gasteiger partial charge in [0.15, 0.2) is 11.1 Å². The predicted molar refractivity (Wildman–Crippen MR) is 86.3 cm³/mol. The Labute approximate surface area is 133 Å². The van der Waals surface area contributed by atoms with Gasteiger partial charge in [-0.05, 0) is 43.4 Å². The van der Waals surface area contributed by atoms with Gasteiger partial charge >= 0.3 is 0 Å². The number of fused-ring (bicyclic) bond motifs is 3. The van der Waals surface area contributed by atoms with Crippen LogP contribution >= 0.6 is 0 Å². The third-order valence-electron chi connectivity index (χ3n) is 5.61. The van der Waals surface area contributed by atoms with E-state index in [0.717, 1.165) is 30.2 Å². The monoisotopic (exact) mass is 321 g/mol. The highest BCUT2D eigenvalue weighted by Crippen LogP contribution is 2.48. The molecular weight excluding hydrogens is 298 g/mol. The number of hydrogen-bond donors (Lipinski definition) is 2. The van der Waals surface area contributed by atoms with Gasteiger partial charge in [-0.3, -0.25) is 0 Å². The molecule has 1 saturated heterocycles. The Balaban J connectivity index is 1.68. The molecule has 1 unspecified atom stereocenters. The number of benzene rings is 1. The molecule has 1 saturated carbocycles. The summed E-state index contributed by atoms with van der Waals surface area (Å²) < 4.78 is 26.7. The number of ether oxygens (including phenoxy) is 1. The van der Waals surface area contributed by atoms with Crippen molar-refractivity contribution in [3.05, 3.63) is 23.8 Å². The minimum atomic E-state index is -1.93. The maximum Gasteiger partial charge on any atom is 0.186 e. The van der Waals surface area contributed by atoms with Crippen LogP contribution < -0.4 is 5.32 Å². The van der Waals surface area contributed by atoms with Crippen molar-refractivity contribution >= 4 is 16.8 Å². The molecule has 1 aromatic carbocycles. The fraction of sp³-hybridized carbons (Fsp3) is 0.647. The molecule has 5 heteroatoms. The van der Waals surface area contributed by atoms with E-state index in [0.29, 0.717) is 16.9 Å². The van der Waals surface area contributed by atoms with E-state index in [-0.39, 0.29) is 6.10 Å². The molecule has 4 rings (SSSR count). The van der Waals surface area contributed by atoms with Gasteiger partial charge in [-0.15, -0.1) is 0 Å². The molecule has 1 aromatic rings. The van der Waals surface area contributed by atoms with Crippen LogP contribution in [0.4, 0.5) is 5.69 Å². The first kappa shape index (κ1) is 14.7. The molecule has 2 N–H and O–H groups in total. The largest absolute Gasteiger partial charge is 0.381 e. The summed E-state index contributed by atoms with van der Waals surface area (Å²) in [6, 6.07) is 6.03. The fourth-order valence-corrected chi connectivity index (χ4v) is 4.97. The van der Waals surface area contributed by atoms with Gasteiger partial charge in [0.05, 0.1) is 11.0 Å². The third-order valence-corrected chi connectivity index (χ3v) is 6.27. The summed E-state index contributed by atoms with van der Waals surface area (Å²) in [5, 5.41) is 3.74. The first-order valence-corrected chi connectivity index (χ1v) is 9.47. The molecule has 4 nitrogen and oxygen atoms in total. The van der Waals surface area contributed by atoms with Crippen molar-refractivity contribution < 1.29 is 13.5 Å². The lowest BCUT2D eigenvalue weighted by Gasteiger charge is -2.42. The maximum absolute atomic E-state index is 11.3. The van der Waals surface area contributed by atoms with Crippen molar-refractivity contribution in [3.8, 4) is 0 Å². The molecule has 0 spiro atoms. The van der Waals surface area contributed by atoms with Crippen LogP contribution in [0.25, 0.3) is 0 Å². The number of rotatable bonds is 2. The van der Waals surface area contributed by atoms with Crippen LogP contribution in [0.3, 0.4) is 0 Å². The maximum atomic E-state index is 11.3. The van der Waals surface area contributed by atoms with E-state index >= 15 is 0 Å². The van der Waals surface area contributed by atoms with Crippen LogP contribution in [0.2, 0.25) is 0 Å². The lowest BCUT2D eigenvalue weighted by molar-refractivity contribution is 0.0730. The van der Waals surface area contributed by atoms with Crippen molar-refractivity contribution in [1.82, 2.24) is 0 Å². The highest BCUT2D eigenvalue weighted by Gasteiger charge is 2.43. The van der Waals surface area contributed by atoms with E-state index in [2.05, 4.69) is 5.32 Å². The van der Waals surface area contributed by atoms with E-state index in [1.54, 1.807) is 6.07 Å². The summed E-state index contributed by atoms with van der Waals surface area (Å²) in [5.74, 6) is 1.24. The van der Waals surface area contributed by atoms with Gasteiger partial charge in [0.2, 0.25) is 0 Å². The summed E-state index contributed by atoms with van der Waals surface area (Å²) in [4.78, 5) is 0.464. The molecule has 120 valence electrons. The van der Waals surface area contributed by atoms with Gasteiger partial charge < -0.3 is 14.6 Å². The van der Waals surface area contributed by atoms with Crippen LogP contribution in [0.15, 0.2) is 23.1 Å². The van der Waals surface area contributed by atoms with E-state index in [1.165, 1.54) is 32.1 Å². The van der Waals surface area contributed by atoms with E-state index < -0.39 is 11.1 Å². The zero-order valence-corrected chi connectivity index (χ0v) is 13.5. The van der Waals surface area contributed by atoms with Crippen molar-refractivity contribution in [3.63, 3.8) is 0 Å². The number of anilines is 1. The zero-order chi connectivity index (χ0) is 15.1. The quantitative estimate of drug-likeness (QED) is 0.815. The molecule has 4 atom stereocenters. The SMILES string of the molecule is O=S(O)c1ccc2c(c1)[C@H]1OCC[C@H]1[C@H](C1CCCCC1)N2. The Hall–Kier alpha value is -0.910. The summed E-state index contributed by atoms with van der Waals surface area (Å²) in [6.45, 7) is 0.798. The Morgan fingerprint density at radius 3 is 2.77 bits per heavy atom. The van der Waals surface area contributed by atoms with E-state index in [1.807, 2.05) is 12.1 Å². The lowest BCUT2D eigenvalue weighted by atomic mass is 9.73. The van der Waals surface area contributed by atoms with Crippen molar-refractivity contribution in [1.29, 1.82) is 0 Å². The van der Waals surface area contributed by atoms with Gasteiger partial charge in [-0.25, -0.2) is 4.21 Å². The van der Waals surface area contributed by atoms with E-state index in [4.69, 9.17) is 4.74 Å². The Morgan fingerprint density at radius 2 is 2.00 bits per heavy atom. The standard InChI is InChI=1S/C17H23NO3S/c19-22(20)12-6-7-15-14(10-12)17-13(8-9-21-17)16(18-15)11-4-2-1-3-5-11/h6-7,10-11,13,16-18H,1-5,8-9H2,(H,19,20)/t13-,16-,17-/m0/s1. The molecule has 0 aromatic heterocycles. The molecule has 2 aliphatic heterocycles. The third kappa shape index (κ3) is 2.49. The summed E-state index contributed by atoms with van der Waals surface area (Å²) in [6.07, 6.45) is 7.86.